The van der Waals surface area contributed by atoms with Gasteiger partial charge in [-0.2, -0.15) is 0 Å². The van der Waals surface area contributed by atoms with Crippen molar-refractivity contribution in [2.45, 2.75) is 134 Å². The number of methoxy groups -OCH3 is 1. The summed E-state index contributed by atoms with van der Waals surface area (Å²) in [6.07, 6.45) is 7.83. The second kappa shape index (κ2) is 15.2. The molecule has 1 aromatic rings. The number of fused-ring (bicyclic) bond motifs is 5. The maximum absolute atomic E-state index is 12.2. The van der Waals surface area contributed by atoms with Crippen molar-refractivity contribution in [3.63, 3.8) is 0 Å². The smallest absolute Gasteiger partial charge is 0.192 e. The summed E-state index contributed by atoms with van der Waals surface area (Å²) >= 11 is 0. The summed E-state index contributed by atoms with van der Waals surface area (Å²) in [7, 11) is 1.50. The molecule has 5 aliphatic rings. The fourth-order valence-corrected chi connectivity index (χ4v) is 11.3. The lowest BCUT2D eigenvalue weighted by molar-refractivity contribution is -0.386. The van der Waals surface area contributed by atoms with Gasteiger partial charge in [0.1, 0.15) is 18.5 Å². The predicted molar refractivity (Wildman–Crippen MR) is 191 cm³/mol. The monoisotopic (exact) mass is 700 g/mol. The Morgan fingerprint density at radius 3 is 2.22 bits per heavy atom. The Labute approximate surface area is 300 Å². The van der Waals surface area contributed by atoms with Gasteiger partial charge in [-0.05, 0) is 113 Å². The fourth-order valence-electron chi connectivity index (χ4n) is 11.3. The Morgan fingerprint density at radius 1 is 0.840 bits per heavy atom. The van der Waals surface area contributed by atoms with Gasteiger partial charge in [0.25, 0.3) is 0 Å². The van der Waals surface area contributed by atoms with Crippen molar-refractivity contribution < 1.29 is 43.4 Å². The van der Waals surface area contributed by atoms with Crippen LogP contribution in [0.15, 0.2) is 36.4 Å². The van der Waals surface area contributed by atoms with Crippen molar-refractivity contribution in [2.75, 3.05) is 46.9 Å². The molecule has 0 radical (unpaired) electrons. The highest BCUT2D eigenvalue weighted by Gasteiger charge is 2.68. The molecule has 1 aromatic carbocycles. The van der Waals surface area contributed by atoms with Crippen LogP contribution in [0, 0.1) is 28.6 Å². The first kappa shape index (κ1) is 38.3. The lowest BCUT2D eigenvalue weighted by Crippen LogP contribution is -2.75. The number of rotatable bonds is 14. The molecule has 0 bridgehead atoms. The summed E-state index contributed by atoms with van der Waals surface area (Å²) in [5.74, 6) is 1.45. The van der Waals surface area contributed by atoms with Crippen LogP contribution < -0.4 is 0 Å². The highest BCUT2D eigenvalue weighted by atomic mass is 16.7. The topological polar surface area (TPSA) is 105 Å². The first-order valence-electron chi connectivity index (χ1n) is 19.4. The van der Waals surface area contributed by atoms with Crippen LogP contribution in [0.5, 0.6) is 0 Å². The lowest BCUT2D eigenvalue weighted by Gasteiger charge is -2.64. The molecular formula is C41H64O9. The maximum Gasteiger partial charge on any atom is 0.192 e. The molecule has 2 N–H and O–H groups in total. The molecule has 282 valence electrons. The molecule has 4 fully saturated rings. The molecule has 50 heavy (non-hydrogen) atoms. The van der Waals surface area contributed by atoms with Crippen molar-refractivity contribution in [1.29, 1.82) is 0 Å². The molecule has 0 spiro atoms. The largest absolute Gasteiger partial charge is 0.382 e. The summed E-state index contributed by atoms with van der Waals surface area (Å²) in [5, 5.41) is 24.0. The van der Waals surface area contributed by atoms with Gasteiger partial charge in [-0.3, -0.25) is 0 Å². The average Bonchev–Trinajstić information content (AvgIpc) is 3.42. The molecule has 0 aromatic heterocycles. The zero-order valence-corrected chi connectivity index (χ0v) is 31.7. The third-order valence-corrected chi connectivity index (χ3v) is 14.0. The molecule has 1 heterocycles. The Kier molecular flexibility index (Phi) is 11.6. The van der Waals surface area contributed by atoms with E-state index in [0.29, 0.717) is 44.4 Å². The van der Waals surface area contributed by atoms with Crippen LogP contribution in [0.1, 0.15) is 98.5 Å². The van der Waals surface area contributed by atoms with E-state index >= 15 is 0 Å². The lowest BCUT2D eigenvalue weighted by atomic mass is 9.43. The van der Waals surface area contributed by atoms with E-state index in [9.17, 15) is 10.2 Å². The van der Waals surface area contributed by atoms with Gasteiger partial charge in [-0.25, -0.2) is 0 Å². The second-order valence-corrected chi connectivity index (χ2v) is 16.2. The molecule has 0 amide bonds. The molecule has 9 nitrogen and oxygen atoms in total. The molecule has 6 rings (SSSR count). The Hall–Kier alpha value is -1.40. The van der Waals surface area contributed by atoms with Crippen LogP contribution in [0.25, 0.3) is 5.57 Å². The van der Waals surface area contributed by atoms with E-state index < -0.39 is 29.7 Å². The SMILES string of the molecule is CCOCO[C@@]12CC=C(c3ccccc3)[C@@]1(C)CC[C@@H]1[C@H]2CCC2CC(O[C@@H]3O[C@H](C)[C@](O)(COCC)[C@H](OC)[C@]3(O)COCC)CC[C@@]21C. The summed E-state index contributed by atoms with van der Waals surface area (Å²) < 4.78 is 43.3. The molecule has 1 aliphatic heterocycles. The number of hydrogen-bond acceptors (Lipinski definition) is 9. The molecule has 9 heteroatoms. The van der Waals surface area contributed by atoms with E-state index in [1.165, 1.54) is 24.7 Å². The zero-order valence-electron chi connectivity index (χ0n) is 31.7. The normalized spacial score (nSPS) is 44.3. The van der Waals surface area contributed by atoms with Crippen LogP contribution in [0.4, 0.5) is 0 Å². The van der Waals surface area contributed by atoms with Crippen molar-refractivity contribution in [1.82, 2.24) is 0 Å². The molecule has 1 saturated heterocycles. The molecule has 3 saturated carbocycles. The predicted octanol–water partition coefficient (Wildman–Crippen LogP) is 6.54. The zero-order chi connectivity index (χ0) is 35.8. The van der Waals surface area contributed by atoms with Gasteiger partial charge in [0.2, 0.25) is 0 Å². The van der Waals surface area contributed by atoms with Gasteiger partial charge in [-0.15, -0.1) is 0 Å². The van der Waals surface area contributed by atoms with Crippen LogP contribution in [-0.2, 0) is 33.2 Å². The first-order valence-corrected chi connectivity index (χ1v) is 19.4. The van der Waals surface area contributed by atoms with Crippen molar-refractivity contribution in [3.8, 4) is 0 Å². The van der Waals surface area contributed by atoms with E-state index in [1.54, 1.807) is 6.92 Å². The first-order chi connectivity index (χ1) is 24.0. The quantitative estimate of drug-likeness (QED) is 0.127. The number of benzene rings is 1. The standard InChI is InChI=1S/C41H64O9/c1-8-45-25-39(42)28(4)49-36(40(43,26-46-9-2)35(39)44-7)50-31-18-21-37(5)30(24-31)16-17-34-33(37)19-22-38(6)32(29-14-12-11-13-15-29)20-23-41(34,38)48-27-47-10-3/h11-15,20,28,30-31,33-36,42-43H,8-10,16-19,21-27H2,1-7H3/t28-,30?,31?,33-,34-,35+,36+,37+,38-,39-,40-,41-/m1/s1. The van der Waals surface area contributed by atoms with E-state index in [4.69, 9.17) is 33.2 Å². The minimum absolute atomic E-state index is 0.0338. The highest BCUT2D eigenvalue weighted by Crippen LogP contribution is 2.70. The fraction of sp³-hybridized carbons (Fsp3) is 0.805. The third kappa shape index (κ3) is 6.24. The summed E-state index contributed by atoms with van der Waals surface area (Å²) in [6, 6.07) is 10.9. The van der Waals surface area contributed by atoms with Crippen LogP contribution >= 0.6 is 0 Å². The van der Waals surface area contributed by atoms with Gasteiger partial charge in [-0.1, -0.05) is 50.3 Å². The number of hydrogen-bond donors (Lipinski definition) is 2. The summed E-state index contributed by atoms with van der Waals surface area (Å²) in [5.41, 5.74) is -0.803. The highest BCUT2D eigenvalue weighted by molar-refractivity contribution is 5.74. The second-order valence-electron chi connectivity index (χ2n) is 16.2. The van der Waals surface area contributed by atoms with Gasteiger partial charge >= 0.3 is 0 Å². The Balaban J connectivity index is 1.21. The van der Waals surface area contributed by atoms with Gasteiger partial charge in [0.15, 0.2) is 11.9 Å². The van der Waals surface area contributed by atoms with Crippen LogP contribution in [0.3, 0.4) is 0 Å². The Bertz CT molecular complexity index is 1310. The number of ether oxygens (including phenoxy) is 7. The summed E-state index contributed by atoms with van der Waals surface area (Å²) in [6.45, 7) is 14.2. The van der Waals surface area contributed by atoms with Gasteiger partial charge in [0, 0.05) is 32.3 Å². The minimum Gasteiger partial charge on any atom is -0.382 e. The third-order valence-electron chi connectivity index (χ3n) is 14.0. The van der Waals surface area contributed by atoms with E-state index in [2.05, 4.69) is 50.3 Å². The van der Waals surface area contributed by atoms with E-state index in [0.717, 1.165) is 44.9 Å². The van der Waals surface area contributed by atoms with Gasteiger partial charge in [0.05, 0.1) is 31.0 Å². The molecule has 12 atom stereocenters. The molecular weight excluding hydrogens is 636 g/mol. The Morgan fingerprint density at radius 2 is 1.54 bits per heavy atom. The number of aliphatic hydroxyl groups is 2. The molecule has 2 unspecified atom stereocenters. The summed E-state index contributed by atoms with van der Waals surface area (Å²) in [4.78, 5) is 0. The van der Waals surface area contributed by atoms with Gasteiger partial charge < -0.3 is 43.4 Å². The van der Waals surface area contributed by atoms with E-state index in [-0.39, 0.29) is 35.7 Å². The minimum atomic E-state index is -1.73. The maximum atomic E-state index is 12.2. The molecule has 4 aliphatic carbocycles. The van der Waals surface area contributed by atoms with Crippen LogP contribution in [0.2, 0.25) is 0 Å². The van der Waals surface area contributed by atoms with Crippen molar-refractivity contribution >= 4 is 5.57 Å². The van der Waals surface area contributed by atoms with Crippen molar-refractivity contribution in [3.05, 3.63) is 42.0 Å². The van der Waals surface area contributed by atoms with Crippen LogP contribution in [-0.4, -0.2) is 98.6 Å². The average molecular weight is 701 g/mol. The van der Waals surface area contributed by atoms with E-state index in [1.807, 2.05) is 20.8 Å². The van der Waals surface area contributed by atoms with Crippen molar-refractivity contribution in [2.24, 2.45) is 28.6 Å².